The maximum Gasteiger partial charge on any atom is 0.238 e. The van der Waals surface area contributed by atoms with Crippen molar-refractivity contribution in [3.05, 3.63) is 52.8 Å². The predicted octanol–water partition coefficient (Wildman–Crippen LogP) is 4.50. The number of amides is 1. The van der Waals surface area contributed by atoms with Gasteiger partial charge in [-0.1, -0.05) is 11.6 Å². The minimum Gasteiger partial charge on any atom is -0.319 e. The first kappa shape index (κ1) is 19.5. The lowest BCUT2D eigenvalue weighted by atomic mass is 9.99. The fraction of sp³-hybridized carbons (Fsp3) is 0.381. The fourth-order valence-electron chi connectivity index (χ4n) is 5.10. The number of pyridine rings is 1. The van der Waals surface area contributed by atoms with Crippen molar-refractivity contribution in [1.29, 1.82) is 0 Å². The monoisotopic (exact) mass is 462 g/mol. The Morgan fingerprint density at radius 2 is 2.13 bits per heavy atom. The summed E-state index contributed by atoms with van der Waals surface area (Å²) in [6.45, 7) is 0.153. The van der Waals surface area contributed by atoms with Gasteiger partial charge in [0.2, 0.25) is 5.91 Å². The highest BCUT2D eigenvalue weighted by atomic mass is 35.5. The van der Waals surface area contributed by atoms with Crippen molar-refractivity contribution in [1.82, 2.24) is 14.5 Å². The van der Waals surface area contributed by atoms with Crippen LogP contribution >= 0.6 is 22.2 Å². The number of halogens is 2. The molecule has 1 saturated carbocycles. The summed E-state index contributed by atoms with van der Waals surface area (Å²) in [6.07, 6.45) is 5.51. The van der Waals surface area contributed by atoms with Crippen LogP contribution in [0.15, 0.2) is 30.6 Å². The Morgan fingerprint density at radius 1 is 1.32 bits per heavy atom. The molecule has 7 nitrogen and oxygen atoms in total. The molecule has 3 aliphatic rings. The van der Waals surface area contributed by atoms with Crippen LogP contribution in [0.1, 0.15) is 36.7 Å². The van der Waals surface area contributed by atoms with Crippen molar-refractivity contribution in [3.8, 4) is 0 Å². The number of rotatable bonds is 3. The van der Waals surface area contributed by atoms with E-state index in [4.69, 9.17) is 11.6 Å². The number of benzene rings is 1. The largest absolute Gasteiger partial charge is 0.319 e. The molecule has 1 spiro atoms. The number of carbonyl (C=O) groups excluding carboxylic acids is 1. The van der Waals surface area contributed by atoms with Crippen LogP contribution in [0.4, 0.5) is 10.1 Å². The summed E-state index contributed by atoms with van der Waals surface area (Å²) in [5.41, 5.74) is 1.95. The molecule has 2 N–H and O–H groups in total. The van der Waals surface area contributed by atoms with E-state index in [9.17, 15) is 18.3 Å². The summed E-state index contributed by atoms with van der Waals surface area (Å²) < 4.78 is 37.1. The molecule has 31 heavy (non-hydrogen) atoms. The lowest BCUT2D eigenvalue weighted by molar-refractivity contribution is -0.120. The SMILES string of the molecule is O=C1N(Cc2nc3cc(Cl)cc(F)c3n2C2CCS(O)(O)C2)c2cnccc2C12CC2. The fourth-order valence-corrected chi connectivity index (χ4v) is 7.05. The van der Waals surface area contributed by atoms with Gasteiger partial charge in [0.25, 0.3) is 0 Å². The molecule has 1 atom stereocenters. The van der Waals surface area contributed by atoms with E-state index in [0.717, 1.165) is 24.1 Å². The standard InChI is InChI=1S/C21H20ClFN4O3S/c22-12-7-15(23)19-16(8-12)25-18(27(19)13-2-6-31(29,30)11-13)10-26-17-9-24-5-1-14(17)21(3-4-21)20(26)28/h1,5,7-9,13,29-30H,2-4,6,10-11H2. The van der Waals surface area contributed by atoms with Crippen molar-refractivity contribution in [2.24, 2.45) is 0 Å². The number of nitrogens with zero attached hydrogens (tertiary/aromatic N) is 4. The maximum atomic E-state index is 15.0. The number of hydrogen-bond acceptors (Lipinski definition) is 5. The third kappa shape index (κ3) is 2.83. The average molecular weight is 463 g/mol. The van der Waals surface area contributed by atoms with Gasteiger partial charge in [-0.25, -0.2) is 9.37 Å². The van der Waals surface area contributed by atoms with Crippen LogP contribution in [0.5, 0.6) is 0 Å². The molecule has 10 heteroatoms. The molecule has 4 heterocycles. The first-order chi connectivity index (χ1) is 14.8. The van der Waals surface area contributed by atoms with Gasteiger partial charge in [-0.05, 0) is 43.0 Å². The molecule has 1 amide bonds. The smallest absolute Gasteiger partial charge is 0.238 e. The summed E-state index contributed by atoms with van der Waals surface area (Å²) in [5, 5.41) is 0.237. The molecule has 1 aromatic carbocycles. The maximum absolute atomic E-state index is 15.0. The first-order valence-electron chi connectivity index (χ1n) is 10.1. The van der Waals surface area contributed by atoms with Crippen molar-refractivity contribution in [2.75, 3.05) is 16.4 Å². The van der Waals surface area contributed by atoms with Crippen LogP contribution < -0.4 is 4.90 Å². The molecule has 0 bridgehead atoms. The highest BCUT2D eigenvalue weighted by molar-refractivity contribution is 8.24. The zero-order valence-electron chi connectivity index (χ0n) is 16.5. The molecular formula is C21H20ClFN4O3S. The number of fused-ring (bicyclic) bond motifs is 3. The Kier molecular flexibility index (Phi) is 4.03. The molecule has 3 aromatic rings. The van der Waals surface area contributed by atoms with Crippen LogP contribution in [0, 0.1) is 5.82 Å². The normalized spacial score (nSPS) is 24.2. The van der Waals surface area contributed by atoms with Crippen LogP contribution in [-0.2, 0) is 16.8 Å². The van der Waals surface area contributed by atoms with Crippen molar-refractivity contribution >= 4 is 44.8 Å². The number of anilines is 1. The Morgan fingerprint density at radius 3 is 2.84 bits per heavy atom. The van der Waals surface area contributed by atoms with E-state index in [1.807, 2.05) is 6.07 Å². The van der Waals surface area contributed by atoms with Gasteiger partial charge in [0, 0.05) is 17.0 Å². The lowest BCUT2D eigenvalue weighted by Crippen LogP contribution is -2.33. The van der Waals surface area contributed by atoms with Gasteiger partial charge in [0.05, 0.1) is 41.2 Å². The second-order valence-electron chi connectivity index (χ2n) is 8.64. The van der Waals surface area contributed by atoms with E-state index in [2.05, 4.69) is 9.97 Å². The third-order valence-electron chi connectivity index (χ3n) is 6.69. The van der Waals surface area contributed by atoms with Crippen LogP contribution in [0.3, 0.4) is 0 Å². The number of hydrogen-bond donors (Lipinski definition) is 2. The molecule has 0 radical (unpaired) electrons. The number of imidazole rings is 1. The molecule has 2 aromatic heterocycles. The molecule has 6 rings (SSSR count). The van der Waals surface area contributed by atoms with Gasteiger partial charge >= 0.3 is 0 Å². The quantitative estimate of drug-likeness (QED) is 0.598. The molecule has 1 aliphatic carbocycles. The van der Waals surface area contributed by atoms with Gasteiger partial charge in [0.1, 0.15) is 11.3 Å². The summed E-state index contributed by atoms with van der Waals surface area (Å²) in [4.78, 5) is 23.8. The Labute approximate surface area is 184 Å². The van der Waals surface area contributed by atoms with E-state index in [1.54, 1.807) is 27.9 Å². The van der Waals surface area contributed by atoms with E-state index in [1.165, 1.54) is 6.07 Å². The van der Waals surface area contributed by atoms with Crippen LogP contribution in [0.25, 0.3) is 11.0 Å². The van der Waals surface area contributed by atoms with Crippen molar-refractivity contribution in [3.63, 3.8) is 0 Å². The Balaban J connectivity index is 1.48. The summed E-state index contributed by atoms with van der Waals surface area (Å²) in [6, 6.07) is 4.41. The highest BCUT2D eigenvalue weighted by Gasteiger charge is 2.59. The highest BCUT2D eigenvalue weighted by Crippen LogP contribution is 2.57. The third-order valence-corrected chi connectivity index (χ3v) is 8.72. The van der Waals surface area contributed by atoms with Crippen molar-refractivity contribution < 1.29 is 18.3 Å². The molecule has 1 unspecified atom stereocenters. The van der Waals surface area contributed by atoms with Crippen molar-refractivity contribution in [2.45, 2.75) is 37.3 Å². The second-order valence-corrected chi connectivity index (χ2v) is 11.4. The van der Waals surface area contributed by atoms with E-state index < -0.39 is 21.8 Å². The Bertz CT molecular complexity index is 1260. The minimum atomic E-state index is -2.71. The second kappa shape index (κ2) is 6.41. The first-order valence-corrected chi connectivity index (χ1v) is 12.4. The topological polar surface area (TPSA) is 91.5 Å². The lowest BCUT2D eigenvalue weighted by Gasteiger charge is -2.27. The number of carbonyl (C=O) groups is 1. The summed E-state index contributed by atoms with van der Waals surface area (Å²) in [7, 11) is -2.71. The predicted molar refractivity (Wildman–Crippen MR) is 117 cm³/mol. The van der Waals surface area contributed by atoms with Gasteiger partial charge < -0.3 is 9.47 Å². The molecule has 162 valence electrons. The molecule has 1 saturated heterocycles. The van der Waals surface area contributed by atoms with E-state index >= 15 is 0 Å². The van der Waals surface area contributed by atoms with Crippen LogP contribution in [-0.4, -0.2) is 41.1 Å². The average Bonchev–Trinajstić information content (AvgIpc) is 3.26. The minimum absolute atomic E-state index is 0.0170. The van der Waals surface area contributed by atoms with E-state index in [-0.39, 0.29) is 40.5 Å². The summed E-state index contributed by atoms with van der Waals surface area (Å²) >= 11 is 6.06. The molecule has 2 aliphatic heterocycles. The van der Waals surface area contributed by atoms with Crippen LogP contribution in [0.2, 0.25) is 5.02 Å². The zero-order chi connectivity index (χ0) is 21.5. The number of aromatic nitrogens is 3. The van der Waals surface area contributed by atoms with Gasteiger partial charge in [-0.2, -0.15) is 10.6 Å². The Hall–Kier alpha value is -2.20. The van der Waals surface area contributed by atoms with Gasteiger partial charge in [0.15, 0.2) is 5.82 Å². The zero-order valence-corrected chi connectivity index (χ0v) is 18.0. The molecular weight excluding hydrogens is 443 g/mol. The van der Waals surface area contributed by atoms with Gasteiger partial charge in [-0.3, -0.25) is 18.9 Å². The van der Waals surface area contributed by atoms with E-state index in [0.29, 0.717) is 17.8 Å². The molecule has 2 fully saturated rings. The summed E-state index contributed by atoms with van der Waals surface area (Å²) in [5.74, 6) is 0.411. The van der Waals surface area contributed by atoms with Gasteiger partial charge in [-0.15, -0.1) is 0 Å².